The molecule has 0 N–H and O–H groups in total. The van der Waals surface area contributed by atoms with Gasteiger partial charge in [-0.05, 0) is 36.1 Å². The highest BCUT2D eigenvalue weighted by Crippen LogP contribution is 2.33. The van der Waals surface area contributed by atoms with Crippen LogP contribution in [0, 0.1) is 0 Å². The molecule has 0 aliphatic rings. The van der Waals surface area contributed by atoms with Crippen molar-refractivity contribution in [2.24, 2.45) is 0 Å². The van der Waals surface area contributed by atoms with E-state index in [1.807, 2.05) is 48.6 Å². The van der Waals surface area contributed by atoms with E-state index in [1.54, 1.807) is 6.07 Å². The zero-order valence-electron chi connectivity index (χ0n) is 12.9. The van der Waals surface area contributed by atoms with Crippen LogP contribution in [0.5, 0.6) is 0 Å². The predicted octanol–water partition coefficient (Wildman–Crippen LogP) is 6.02. The molecule has 23 heavy (non-hydrogen) atoms. The van der Waals surface area contributed by atoms with Crippen molar-refractivity contribution in [3.63, 3.8) is 0 Å². The van der Waals surface area contributed by atoms with Crippen molar-refractivity contribution in [2.45, 2.75) is 19.3 Å². The third kappa shape index (κ3) is 5.12. The highest BCUT2D eigenvalue weighted by atomic mass is 35.5. The van der Waals surface area contributed by atoms with Gasteiger partial charge in [0.05, 0.1) is 7.11 Å². The van der Waals surface area contributed by atoms with Crippen LogP contribution in [-0.2, 0) is 9.53 Å². The number of allylic oxidation sites excluding steroid dienone is 1. The molecule has 0 aliphatic heterocycles. The standard InChI is InChI=1S/C19H18Cl2O2/c1-23-19(22)11-7-3-6-10-16-17(12-15(20)13-18(16)21)14-8-4-2-5-9-14/h2,4-6,8-10,12-13H,3,7,11H2,1H3/b10-6+. The molecule has 2 nitrogen and oxygen atoms in total. The molecule has 0 radical (unpaired) electrons. The average molecular weight is 349 g/mol. The molecular weight excluding hydrogens is 331 g/mol. The zero-order chi connectivity index (χ0) is 16.7. The highest BCUT2D eigenvalue weighted by Gasteiger charge is 2.08. The smallest absolute Gasteiger partial charge is 0.305 e. The lowest BCUT2D eigenvalue weighted by Crippen LogP contribution is -1.98. The Morgan fingerprint density at radius 3 is 2.61 bits per heavy atom. The van der Waals surface area contributed by atoms with Gasteiger partial charge in [0.1, 0.15) is 0 Å². The first-order valence-corrected chi connectivity index (χ1v) is 8.15. The van der Waals surface area contributed by atoms with Crippen molar-refractivity contribution in [1.82, 2.24) is 0 Å². The fraction of sp³-hybridized carbons (Fsp3) is 0.211. The summed E-state index contributed by atoms with van der Waals surface area (Å²) in [6, 6.07) is 13.6. The summed E-state index contributed by atoms with van der Waals surface area (Å²) in [6.45, 7) is 0. The fourth-order valence-electron chi connectivity index (χ4n) is 2.28. The summed E-state index contributed by atoms with van der Waals surface area (Å²) >= 11 is 12.5. The van der Waals surface area contributed by atoms with E-state index >= 15 is 0 Å². The molecule has 0 unspecified atom stereocenters. The molecule has 4 heteroatoms. The van der Waals surface area contributed by atoms with Gasteiger partial charge in [0.25, 0.3) is 0 Å². The van der Waals surface area contributed by atoms with Gasteiger partial charge in [-0.15, -0.1) is 0 Å². The largest absolute Gasteiger partial charge is 0.469 e. The summed E-state index contributed by atoms with van der Waals surface area (Å²) in [6.07, 6.45) is 5.95. The topological polar surface area (TPSA) is 26.3 Å². The third-order valence-electron chi connectivity index (χ3n) is 3.44. The van der Waals surface area contributed by atoms with Gasteiger partial charge in [-0.1, -0.05) is 65.7 Å². The first-order valence-electron chi connectivity index (χ1n) is 7.39. The van der Waals surface area contributed by atoms with Crippen molar-refractivity contribution in [2.75, 3.05) is 7.11 Å². The van der Waals surface area contributed by atoms with E-state index in [2.05, 4.69) is 4.74 Å². The van der Waals surface area contributed by atoms with Crippen LogP contribution >= 0.6 is 23.2 Å². The Hall–Kier alpha value is -1.77. The third-order valence-corrected chi connectivity index (χ3v) is 3.97. The lowest BCUT2D eigenvalue weighted by molar-refractivity contribution is -0.140. The second kappa shape index (κ2) is 8.76. The van der Waals surface area contributed by atoms with Gasteiger partial charge in [0, 0.05) is 22.0 Å². The van der Waals surface area contributed by atoms with E-state index in [9.17, 15) is 4.79 Å². The van der Waals surface area contributed by atoms with Crippen LogP contribution in [0.4, 0.5) is 0 Å². The van der Waals surface area contributed by atoms with Crippen molar-refractivity contribution in [3.8, 4) is 11.1 Å². The van der Waals surface area contributed by atoms with Gasteiger partial charge in [-0.25, -0.2) is 0 Å². The molecule has 2 aromatic rings. The normalized spacial score (nSPS) is 10.9. The van der Waals surface area contributed by atoms with Crippen LogP contribution in [0.3, 0.4) is 0 Å². The summed E-state index contributed by atoms with van der Waals surface area (Å²) in [5, 5.41) is 1.22. The Morgan fingerprint density at radius 1 is 1.17 bits per heavy atom. The van der Waals surface area contributed by atoms with Crippen LogP contribution in [0.25, 0.3) is 17.2 Å². The molecule has 0 bridgehead atoms. The second-order valence-corrected chi connectivity index (χ2v) is 5.93. The molecule has 120 valence electrons. The number of benzene rings is 2. The Morgan fingerprint density at radius 2 is 1.91 bits per heavy atom. The molecule has 0 saturated heterocycles. The number of unbranched alkanes of at least 4 members (excludes halogenated alkanes) is 1. The Labute approximate surface area is 146 Å². The molecular formula is C19H18Cl2O2. The zero-order valence-corrected chi connectivity index (χ0v) is 14.4. The molecule has 0 amide bonds. The predicted molar refractivity (Wildman–Crippen MR) is 96.8 cm³/mol. The molecule has 0 saturated carbocycles. The number of rotatable bonds is 6. The Bertz CT molecular complexity index is 694. The minimum atomic E-state index is -0.187. The van der Waals surface area contributed by atoms with Gasteiger partial charge in [0.2, 0.25) is 0 Å². The van der Waals surface area contributed by atoms with Gasteiger partial charge in [0.15, 0.2) is 0 Å². The number of methoxy groups -OCH3 is 1. The number of hydrogen-bond donors (Lipinski definition) is 0. The monoisotopic (exact) mass is 348 g/mol. The van der Waals surface area contributed by atoms with Crippen LogP contribution in [0.2, 0.25) is 10.0 Å². The summed E-state index contributed by atoms with van der Waals surface area (Å²) in [4.78, 5) is 11.1. The van der Waals surface area contributed by atoms with E-state index in [0.29, 0.717) is 16.5 Å². The maximum Gasteiger partial charge on any atom is 0.305 e. The number of hydrogen-bond acceptors (Lipinski definition) is 2. The van der Waals surface area contributed by atoms with Crippen LogP contribution in [-0.4, -0.2) is 13.1 Å². The van der Waals surface area contributed by atoms with Gasteiger partial charge in [-0.3, -0.25) is 4.79 Å². The summed E-state index contributed by atoms with van der Waals surface area (Å²) in [5.41, 5.74) is 2.98. The molecule has 0 aliphatic carbocycles. The average Bonchev–Trinajstić information content (AvgIpc) is 2.56. The second-order valence-electron chi connectivity index (χ2n) is 5.09. The SMILES string of the molecule is COC(=O)CCC/C=C/c1c(Cl)cc(Cl)cc1-c1ccccc1. The Balaban J connectivity index is 2.19. The van der Waals surface area contributed by atoms with Crippen LogP contribution in [0.1, 0.15) is 24.8 Å². The van der Waals surface area contributed by atoms with E-state index in [0.717, 1.165) is 29.5 Å². The maximum absolute atomic E-state index is 11.1. The number of carbonyl (C=O) groups is 1. The van der Waals surface area contributed by atoms with Gasteiger partial charge in [-0.2, -0.15) is 0 Å². The quantitative estimate of drug-likeness (QED) is 0.471. The number of esters is 1. The maximum atomic E-state index is 11.1. The molecule has 0 heterocycles. The fourth-order valence-corrected chi connectivity index (χ4v) is 2.83. The van der Waals surface area contributed by atoms with E-state index in [1.165, 1.54) is 7.11 Å². The number of carbonyl (C=O) groups excluding carboxylic acids is 1. The van der Waals surface area contributed by atoms with Crippen molar-refractivity contribution in [3.05, 3.63) is 64.1 Å². The van der Waals surface area contributed by atoms with Crippen LogP contribution in [0.15, 0.2) is 48.5 Å². The van der Waals surface area contributed by atoms with Crippen molar-refractivity contribution in [1.29, 1.82) is 0 Å². The summed E-state index contributed by atoms with van der Waals surface area (Å²) in [5.74, 6) is -0.187. The Kier molecular flexibility index (Phi) is 6.69. The first kappa shape index (κ1) is 17.6. The number of halogens is 2. The van der Waals surface area contributed by atoms with E-state index in [-0.39, 0.29) is 5.97 Å². The molecule has 0 spiro atoms. The lowest BCUT2D eigenvalue weighted by atomic mass is 9.99. The van der Waals surface area contributed by atoms with Gasteiger partial charge < -0.3 is 4.74 Å². The van der Waals surface area contributed by atoms with Crippen molar-refractivity contribution < 1.29 is 9.53 Å². The van der Waals surface area contributed by atoms with Crippen molar-refractivity contribution >= 4 is 35.2 Å². The van der Waals surface area contributed by atoms with Gasteiger partial charge >= 0.3 is 5.97 Å². The van der Waals surface area contributed by atoms with Crippen LogP contribution < -0.4 is 0 Å². The highest BCUT2D eigenvalue weighted by molar-refractivity contribution is 6.36. The lowest BCUT2D eigenvalue weighted by Gasteiger charge is -2.09. The minimum Gasteiger partial charge on any atom is -0.469 e. The first-order chi connectivity index (χ1) is 11.1. The molecule has 0 aromatic heterocycles. The van der Waals surface area contributed by atoms with E-state index in [4.69, 9.17) is 23.2 Å². The number of ether oxygens (including phenoxy) is 1. The minimum absolute atomic E-state index is 0.187. The summed E-state index contributed by atoms with van der Waals surface area (Å²) in [7, 11) is 1.40. The van der Waals surface area contributed by atoms with E-state index < -0.39 is 0 Å². The molecule has 0 atom stereocenters. The molecule has 2 rings (SSSR count). The summed E-state index contributed by atoms with van der Waals surface area (Å²) < 4.78 is 4.63. The molecule has 2 aromatic carbocycles. The molecule has 0 fully saturated rings.